The van der Waals surface area contributed by atoms with E-state index < -0.39 is 15.3 Å². The summed E-state index contributed by atoms with van der Waals surface area (Å²) in [5.74, 6) is 0. The fraction of sp³-hybridized carbons (Fsp3) is 0.167. The Hall–Kier alpha value is -1.92. The number of rotatable bonds is 3. The van der Waals surface area contributed by atoms with Crippen LogP contribution in [0.3, 0.4) is 0 Å². The Morgan fingerprint density at radius 1 is 1.35 bits per heavy atom. The first-order chi connectivity index (χ1) is 9.40. The van der Waals surface area contributed by atoms with E-state index in [0.717, 1.165) is 0 Å². The summed E-state index contributed by atoms with van der Waals surface area (Å²) >= 11 is 12.1. The van der Waals surface area contributed by atoms with Gasteiger partial charge in [0.25, 0.3) is 5.69 Å². The van der Waals surface area contributed by atoms with Gasteiger partial charge in [0.15, 0.2) is 4.33 Å². The molecule has 0 fully saturated rings. The van der Waals surface area contributed by atoms with Gasteiger partial charge in [0, 0.05) is 6.07 Å². The third-order valence-electron chi connectivity index (χ3n) is 2.63. The Morgan fingerprint density at radius 3 is 2.75 bits per heavy atom. The summed E-state index contributed by atoms with van der Waals surface area (Å²) in [7, 11) is 0. The molecule has 2 rings (SSSR count). The first kappa shape index (κ1) is 14.5. The molecule has 1 unspecified atom stereocenters. The van der Waals surface area contributed by atoms with Gasteiger partial charge in [0.2, 0.25) is 0 Å². The van der Waals surface area contributed by atoms with Crippen molar-refractivity contribution in [3.63, 3.8) is 0 Å². The summed E-state index contributed by atoms with van der Waals surface area (Å²) in [6.07, 6.45) is 6.73. The molecule has 8 heteroatoms. The lowest BCUT2D eigenvalue weighted by atomic mass is 10.1. The number of nitro groups is 1. The van der Waals surface area contributed by atoms with E-state index in [1.54, 1.807) is 24.3 Å². The van der Waals surface area contributed by atoms with Crippen LogP contribution in [0.4, 0.5) is 17.1 Å². The van der Waals surface area contributed by atoms with Gasteiger partial charge in [-0.05, 0) is 18.2 Å². The molecule has 0 spiro atoms. The van der Waals surface area contributed by atoms with Crippen LogP contribution in [0.25, 0.3) is 0 Å². The van der Waals surface area contributed by atoms with E-state index in [1.807, 2.05) is 0 Å². The molecule has 0 saturated carbocycles. The summed E-state index contributed by atoms with van der Waals surface area (Å²) < 4.78 is -1.18. The molecule has 0 heterocycles. The largest absolute Gasteiger partial charge is 0.393 e. The van der Waals surface area contributed by atoms with Gasteiger partial charge in [-0.25, -0.2) is 0 Å². The summed E-state index contributed by atoms with van der Waals surface area (Å²) in [5.41, 5.74) is 5.65. The van der Waals surface area contributed by atoms with Crippen molar-refractivity contribution in [2.45, 2.75) is 10.4 Å². The standard InChI is InChI=1S/C12H10Cl2N4O2/c13-12(14)6-2-1-3-11(12)17-16-8-4-5-9(15)10(7-8)18(19)20/h1-7,11H,15H2. The van der Waals surface area contributed by atoms with Crippen molar-refractivity contribution in [2.24, 2.45) is 10.2 Å². The maximum absolute atomic E-state index is 10.8. The summed E-state index contributed by atoms with van der Waals surface area (Å²) in [5, 5.41) is 18.7. The molecule has 0 bridgehead atoms. The average Bonchev–Trinajstić information content (AvgIpc) is 2.38. The predicted octanol–water partition coefficient (Wildman–Crippen LogP) is 3.93. The molecule has 20 heavy (non-hydrogen) atoms. The molecule has 0 aromatic heterocycles. The number of hydrogen-bond donors (Lipinski definition) is 1. The minimum atomic E-state index is -1.18. The van der Waals surface area contributed by atoms with Crippen molar-refractivity contribution in [2.75, 3.05) is 5.73 Å². The number of allylic oxidation sites excluding steroid dienone is 2. The molecular weight excluding hydrogens is 303 g/mol. The smallest absolute Gasteiger partial charge is 0.294 e. The molecule has 1 aromatic rings. The number of halogens is 2. The van der Waals surface area contributed by atoms with Crippen molar-refractivity contribution in [3.8, 4) is 0 Å². The Bertz CT molecular complexity index is 626. The third-order valence-corrected chi connectivity index (χ3v) is 3.32. The molecule has 1 aliphatic carbocycles. The Kier molecular flexibility index (Phi) is 4.06. The van der Waals surface area contributed by atoms with E-state index in [-0.39, 0.29) is 11.4 Å². The minimum Gasteiger partial charge on any atom is -0.393 e. The number of hydrogen-bond acceptors (Lipinski definition) is 5. The van der Waals surface area contributed by atoms with E-state index in [9.17, 15) is 10.1 Å². The second-order valence-electron chi connectivity index (χ2n) is 4.08. The number of alkyl halides is 2. The summed E-state index contributed by atoms with van der Waals surface area (Å²) in [6, 6.07) is 3.61. The van der Waals surface area contributed by atoms with Crippen LogP contribution in [0.1, 0.15) is 0 Å². The Labute approximate surface area is 124 Å². The number of azo groups is 1. The molecule has 1 atom stereocenters. The van der Waals surface area contributed by atoms with E-state index in [4.69, 9.17) is 28.9 Å². The van der Waals surface area contributed by atoms with Crippen molar-refractivity contribution in [3.05, 3.63) is 52.6 Å². The fourth-order valence-corrected chi connectivity index (χ4v) is 1.96. The van der Waals surface area contributed by atoms with Crippen LogP contribution in [0.5, 0.6) is 0 Å². The monoisotopic (exact) mass is 312 g/mol. The maximum atomic E-state index is 10.8. The predicted molar refractivity (Wildman–Crippen MR) is 78.5 cm³/mol. The van der Waals surface area contributed by atoms with Gasteiger partial charge >= 0.3 is 0 Å². The number of nitrogens with two attached hydrogens (primary N) is 1. The number of anilines is 1. The average molecular weight is 313 g/mol. The number of nitro benzene ring substituents is 1. The van der Waals surface area contributed by atoms with Crippen molar-refractivity contribution >= 4 is 40.3 Å². The van der Waals surface area contributed by atoms with E-state index in [2.05, 4.69) is 10.2 Å². The molecule has 0 aliphatic heterocycles. The fourth-order valence-electron chi connectivity index (χ4n) is 1.58. The molecule has 0 radical (unpaired) electrons. The third kappa shape index (κ3) is 3.15. The summed E-state index contributed by atoms with van der Waals surface area (Å²) in [4.78, 5) is 10.2. The zero-order valence-electron chi connectivity index (χ0n) is 10.1. The van der Waals surface area contributed by atoms with Gasteiger partial charge in [0.05, 0.1) is 10.6 Å². The molecule has 0 amide bonds. The second-order valence-corrected chi connectivity index (χ2v) is 5.52. The van der Waals surface area contributed by atoms with Gasteiger partial charge in [-0.2, -0.15) is 10.2 Å². The lowest BCUT2D eigenvalue weighted by molar-refractivity contribution is -0.383. The lowest BCUT2D eigenvalue weighted by Crippen LogP contribution is -2.26. The van der Waals surface area contributed by atoms with Crippen LogP contribution in [0.2, 0.25) is 0 Å². The summed E-state index contributed by atoms with van der Waals surface area (Å²) in [6.45, 7) is 0. The van der Waals surface area contributed by atoms with E-state index in [0.29, 0.717) is 5.69 Å². The van der Waals surface area contributed by atoms with Crippen LogP contribution in [0, 0.1) is 10.1 Å². The van der Waals surface area contributed by atoms with Crippen LogP contribution >= 0.6 is 23.2 Å². The minimum absolute atomic E-state index is 0.0680. The van der Waals surface area contributed by atoms with Gasteiger partial charge in [-0.15, -0.1) is 0 Å². The highest BCUT2D eigenvalue weighted by atomic mass is 35.5. The van der Waals surface area contributed by atoms with Gasteiger partial charge < -0.3 is 5.73 Å². The molecule has 0 saturated heterocycles. The lowest BCUT2D eigenvalue weighted by Gasteiger charge is -2.21. The Morgan fingerprint density at radius 2 is 2.10 bits per heavy atom. The maximum Gasteiger partial charge on any atom is 0.294 e. The van der Waals surface area contributed by atoms with Gasteiger partial charge in [0.1, 0.15) is 11.7 Å². The zero-order valence-corrected chi connectivity index (χ0v) is 11.6. The van der Waals surface area contributed by atoms with Crippen LogP contribution in [0.15, 0.2) is 52.7 Å². The number of nitrogen functional groups attached to an aromatic ring is 1. The molecule has 1 aliphatic rings. The highest BCUT2D eigenvalue weighted by Gasteiger charge is 2.32. The highest BCUT2D eigenvalue weighted by Crippen LogP contribution is 2.34. The zero-order chi connectivity index (χ0) is 14.8. The quantitative estimate of drug-likeness (QED) is 0.301. The van der Waals surface area contributed by atoms with Gasteiger partial charge in [-0.1, -0.05) is 41.4 Å². The molecule has 1 aromatic carbocycles. The van der Waals surface area contributed by atoms with E-state index in [1.165, 1.54) is 18.2 Å². The SMILES string of the molecule is Nc1ccc(N=NC2C=CC=CC2(Cl)Cl)cc1[N+](=O)[O-]. The highest BCUT2D eigenvalue weighted by molar-refractivity contribution is 6.50. The van der Waals surface area contributed by atoms with Crippen molar-refractivity contribution in [1.82, 2.24) is 0 Å². The van der Waals surface area contributed by atoms with Crippen molar-refractivity contribution < 1.29 is 4.92 Å². The molecular formula is C12H10Cl2N4O2. The van der Waals surface area contributed by atoms with Crippen molar-refractivity contribution in [1.29, 1.82) is 0 Å². The van der Waals surface area contributed by atoms with Gasteiger partial charge in [-0.3, -0.25) is 10.1 Å². The first-order valence-electron chi connectivity index (χ1n) is 5.59. The normalized spacial score (nSPS) is 20.4. The second kappa shape index (κ2) is 5.60. The Balaban J connectivity index is 2.24. The van der Waals surface area contributed by atoms with E-state index >= 15 is 0 Å². The molecule has 6 nitrogen and oxygen atoms in total. The number of nitrogens with zero attached hydrogens (tertiary/aromatic N) is 3. The molecule has 104 valence electrons. The molecule has 2 N–H and O–H groups in total. The van der Waals surface area contributed by atoms with Crippen LogP contribution in [-0.4, -0.2) is 15.3 Å². The number of benzene rings is 1. The topological polar surface area (TPSA) is 93.9 Å². The van der Waals surface area contributed by atoms with Crippen LogP contribution in [-0.2, 0) is 0 Å². The van der Waals surface area contributed by atoms with Crippen LogP contribution < -0.4 is 5.73 Å². The first-order valence-corrected chi connectivity index (χ1v) is 6.34.